The second-order valence-corrected chi connectivity index (χ2v) is 4.30. The highest BCUT2D eigenvalue weighted by Crippen LogP contribution is 2.07. The maximum atomic E-state index is 5.72. The quantitative estimate of drug-likeness (QED) is 0.439. The summed E-state index contributed by atoms with van der Waals surface area (Å²) in [4.78, 5) is 0. The van der Waals surface area contributed by atoms with Crippen molar-refractivity contribution in [3.05, 3.63) is 0 Å². The van der Waals surface area contributed by atoms with Gasteiger partial charge in [-0.05, 0) is 25.3 Å². The van der Waals surface area contributed by atoms with Crippen molar-refractivity contribution < 1.29 is 4.74 Å². The molecule has 0 aliphatic rings. The summed E-state index contributed by atoms with van der Waals surface area (Å²) in [5.41, 5.74) is 0. The highest BCUT2D eigenvalue weighted by molar-refractivity contribution is 6.17. The molecule has 0 aromatic heterocycles. The van der Waals surface area contributed by atoms with Crippen LogP contribution in [0.1, 0.15) is 39.5 Å². The molecule has 0 radical (unpaired) electrons. The molecule has 3 heteroatoms. The molecule has 0 rings (SSSR count). The van der Waals surface area contributed by atoms with Crippen LogP contribution in [0.4, 0.5) is 0 Å². The van der Waals surface area contributed by atoms with Crippen molar-refractivity contribution in [2.75, 3.05) is 32.2 Å². The van der Waals surface area contributed by atoms with Gasteiger partial charge in [0.1, 0.15) is 0 Å². The van der Waals surface area contributed by atoms with E-state index in [9.17, 15) is 0 Å². The van der Waals surface area contributed by atoms with Crippen molar-refractivity contribution in [1.82, 2.24) is 5.32 Å². The molecule has 0 spiro atoms. The second-order valence-electron chi connectivity index (χ2n) is 3.92. The van der Waals surface area contributed by atoms with Gasteiger partial charge in [-0.1, -0.05) is 26.7 Å². The van der Waals surface area contributed by atoms with E-state index in [-0.39, 0.29) is 0 Å². The second kappa shape index (κ2) is 12.3. The Bertz CT molecular complexity index is 122. The van der Waals surface area contributed by atoms with Gasteiger partial charge < -0.3 is 10.1 Å². The van der Waals surface area contributed by atoms with Crippen LogP contribution in [0.2, 0.25) is 0 Å². The number of ether oxygens (including phenoxy) is 1. The van der Waals surface area contributed by atoms with Crippen molar-refractivity contribution in [2.45, 2.75) is 39.5 Å². The molecule has 0 saturated carbocycles. The Labute approximate surface area is 99.7 Å². The minimum Gasteiger partial charge on any atom is -0.380 e. The van der Waals surface area contributed by atoms with Gasteiger partial charge in [0.05, 0.1) is 6.61 Å². The van der Waals surface area contributed by atoms with E-state index in [2.05, 4.69) is 19.2 Å². The molecule has 0 aromatic rings. The fourth-order valence-electron chi connectivity index (χ4n) is 1.40. The lowest BCUT2D eigenvalue weighted by Crippen LogP contribution is -2.26. The fourth-order valence-corrected chi connectivity index (χ4v) is 1.71. The Balaban J connectivity index is 3.14. The smallest absolute Gasteiger partial charge is 0.0590 e. The van der Waals surface area contributed by atoms with Gasteiger partial charge in [-0.2, -0.15) is 0 Å². The van der Waals surface area contributed by atoms with E-state index in [1.807, 2.05) is 0 Å². The summed E-state index contributed by atoms with van der Waals surface area (Å²) in [6.07, 6.45) is 4.70. The van der Waals surface area contributed by atoms with Crippen molar-refractivity contribution >= 4 is 11.6 Å². The molecule has 0 bridgehead atoms. The number of nitrogens with one attached hydrogen (secondary N) is 1. The Morgan fingerprint density at radius 2 is 2.07 bits per heavy atom. The maximum absolute atomic E-state index is 5.72. The van der Waals surface area contributed by atoms with Crippen LogP contribution in [0.25, 0.3) is 0 Å². The molecule has 0 aliphatic carbocycles. The van der Waals surface area contributed by atoms with Crippen molar-refractivity contribution in [3.63, 3.8) is 0 Å². The summed E-state index contributed by atoms with van der Waals surface area (Å²) in [6.45, 7) is 8.16. The van der Waals surface area contributed by atoms with Crippen LogP contribution in [-0.2, 0) is 4.74 Å². The lowest BCUT2D eigenvalue weighted by Gasteiger charge is -2.14. The van der Waals surface area contributed by atoms with Gasteiger partial charge in [-0.3, -0.25) is 0 Å². The minimum atomic E-state index is 0.721. The van der Waals surface area contributed by atoms with Crippen molar-refractivity contribution in [2.24, 2.45) is 5.92 Å². The number of hydrogen-bond acceptors (Lipinski definition) is 2. The van der Waals surface area contributed by atoms with Crippen LogP contribution in [-0.4, -0.2) is 32.2 Å². The van der Waals surface area contributed by atoms with E-state index in [0.717, 1.165) is 44.5 Å². The standard InChI is InChI=1S/C12H26ClNO/c1-3-5-9-15-10-8-14-11-12(4-2)6-7-13/h12,14H,3-11H2,1-2H3. The number of alkyl halides is 1. The monoisotopic (exact) mass is 235 g/mol. The molecule has 0 fully saturated rings. The minimum absolute atomic E-state index is 0.721. The van der Waals surface area contributed by atoms with Gasteiger partial charge in [0, 0.05) is 19.0 Å². The van der Waals surface area contributed by atoms with Crippen molar-refractivity contribution in [1.29, 1.82) is 0 Å². The predicted octanol–water partition coefficient (Wildman–Crippen LogP) is 3.05. The predicted molar refractivity (Wildman–Crippen MR) is 67.7 cm³/mol. The zero-order chi connectivity index (χ0) is 11.4. The Hall–Kier alpha value is 0.210. The molecule has 1 unspecified atom stereocenters. The van der Waals surface area contributed by atoms with Crippen molar-refractivity contribution in [3.8, 4) is 0 Å². The topological polar surface area (TPSA) is 21.3 Å². The number of halogens is 1. The Morgan fingerprint density at radius 1 is 1.27 bits per heavy atom. The normalized spacial score (nSPS) is 13.0. The summed E-state index contributed by atoms with van der Waals surface area (Å²) < 4.78 is 5.46. The molecule has 0 amide bonds. The summed E-state index contributed by atoms with van der Waals surface area (Å²) in [5.74, 6) is 1.49. The SMILES string of the molecule is CCCCOCCNCC(CC)CCCl. The van der Waals surface area contributed by atoms with Crippen LogP contribution >= 0.6 is 11.6 Å². The van der Waals surface area contributed by atoms with E-state index in [1.165, 1.54) is 19.3 Å². The van der Waals surface area contributed by atoms with Gasteiger partial charge >= 0.3 is 0 Å². The molecular weight excluding hydrogens is 210 g/mol. The average Bonchev–Trinajstić information content (AvgIpc) is 2.26. The lowest BCUT2D eigenvalue weighted by atomic mass is 10.0. The van der Waals surface area contributed by atoms with Gasteiger partial charge in [0.2, 0.25) is 0 Å². The van der Waals surface area contributed by atoms with Gasteiger partial charge in [-0.25, -0.2) is 0 Å². The molecular formula is C12H26ClNO. The van der Waals surface area contributed by atoms with E-state index in [0.29, 0.717) is 0 Å². The third-order valence-electron chi connectivity index (χ3n) is 2.59. The first-order valence-electron chi connectivity index (χ1n) is 6.19. The number of unbranched alkanes of at least 4 members (excludes halogenated alkanes) is 1. The van der Waals surface area contributed by atoms with Gasteiger partial charge in [0.25, 0.3) is 0 Å². The third-order valence-corrected chi connectivity index (χ3v) is 2.81. The van der Waals surface area contributed by atoms with E-state index in [4.69, 9.17) is 16.3 Å². The van der Waals surface area contributed by atoms with E-state index >= 15 is 0 Å². The number of rotatable bonds is 11. The first kappa shape index (κ1) is 15.2. The molecule has 0 aromatic carbocycles. The summed E-state index contributed by atoms with van der Waals surface area (Å²) in [6, 6.07) is 0. The summed E-state index contributed by atoms with van der Waals surface area (Å²) in [7, 11) is 0. The summed E-state index contributed by atoms with van der Waals surface area (Å²) >= 11 is 5.72. The van der Waals surface area contributed by atoms with Crippen LogP contribution in [0, 0.1) is 5.92 Å². The highest BCUT2D eigenvalue weighted by Gasteiger charge is 2.03. The van der Waals surface area contributed by atoms with Gasteiger partial charge in [0.15, 0.2) is 0 Å². The fraction of sp³-hybridized carbons (Fsp3) is 1.00. The molecule has 0 aliphatic heterocycles. The lowest BCUT2D eigenvalue weighted by molar-refractivity contribution is 0.132. The van der Waals surface area contributed by atoms with Gasteiger partial charge in [-0.15, -0.1) is 11.6 Å². The van der Waals surface area contributed by atoms with Crippen LogP contribution in [0.5, 0.6) is 0 Å². The zero-order valence-electron chi connectivity index (χ0n) is 10.2. The summed E-state index contributed by atoms with van der Waals surface area (Å²) in [5, 5.41) is 3.41. The zero-order valence-corrected chi connectivity index (χ0v) is 11.0. The number of hydrogen-bond donors (Lipinski definition) is 1. The molecule has 1 N–H and O–H groups in total. The Kier molecular flexibility index (Phi) is 12.5. The highest BCUT2D eigenvalue weighted by atomic mass is 35.5. The maximum Gasteiger partial charge on any atom is 0.0590 e. The van der Waals surface area contributed by atoms with Crippen LogP contribution in [0.15, 0.2) is 0 Å². The van der Waals surface area contributed by atoms with Crippen LogP contribution in [0.3, 0.4) is 0 Å². The first-order valence-corrected chi connectivity index (χ1v) is 6.73. The largest absolute Gasteiger partial charge is 0.380 e. The molecule has 1 atom stereocenters. The van der Waals surface area contributed by atoms with E-state index < -0.39 is 0 Å². The van der Waals surface area contributed by atoms with Crippen LogP contribution < -0.4 is 5.32 Å². The third kappa shape index (κ3) is 10.5. The molecule has 2 nitrogen and oxygen atoms in total. The molecule has 92 valence electrons. The Morgan fingerprint density at radius 3 is 2.67 bits per heavy atom. The average molecular weight is 236 g/mol. The molecule has 0 saturated heterocycles. The first-order chi connectivity index (χ1) is 7.35. The molecule has 15 heavy (non-hydrogen) atoms. The van der Waals surface area contributed by atoms with E-state index in [1.54, 1.807) is 0 Å². The molecule has 0 heterocycles.